The molecule has 0 radical (unpaired) electrons. The Morgan fingerprint density at radius 2 is 2.00 bits per heavy atom. The molecule has 17 heavy (non-hydrogen) atoms. The Labute approximate surface area is 96.0 Å². The molecule has 1 amide bonds. The van der Waals surface area contributed by atoms with Crippen LogP contribution in [0.4, 0.5) is 0 Å². The maximum atomic E-state index is 11.5. The third-order valence-corrected chi connectivity index (χ3v) is 1.95. The first-order valence-electron chi connectivity index (χ1n) is 4.72. The summed E-state index contributed by atoms with van der Waals surface area (Å²) in [5.41, 5.74) is 0. The summed E-state index contributed by atoms with van der Waals surface area (Å²) in [5, 5.41) is 19.3. The van der Waals surface area contributed by atoms with Crippen LogP contribution in [0.2, 0.25) is 0 Å². The SMILES string of the molecule is Cc1ccc(C(=O)NC(CC(=O)O)C(=O)O)o1. The van der Waals surface area contributed by atoms with Gasteiger partial charge in [0.2, 0.25) is 0 Å². The molecular weight excluding hydrogens is 230 g/mol. The second-order valence-corrected chi connectivity index (χ2v) is 3.37. The summed E-state index contributed by atoms with van der Waals surface area (Å²) in [6.07, 6.45) is -0.694. The van der Waals surface area contributed by atoms with E-state index in [9.17, 15) is 14.4 Å². The van der Waals surface area contributed by atoms with Crippen LogP contribution in [0.3, 0.4) is 0 Å². The standard InChI is InChI=1S/C10H11NO6/c1-5-2-3-7(17-5)9(14)11-6(10(15)16)4-8(12)13/h2-3,6H,4H2,1H3,(H,11,14)(H,12,13)(H,15,16). The van der Waals surface area contributed by atoms with E-state index >= 15 is 0 Å². The molecule has 1 unspecified atom stereocenters. The summed E-state index contributed by atoms with van der Waals surface area (Å²) in [5.74, 6) is -3.04. The topological polar surface area (TPSA) is 117 Å². The number of hydrogen-bond donors (Lipinski definition) is 3. The van der Waals surface area contributed by atoms with E-state index in [1.54, 1.807) is 13.0 Å². The predicted molar refractivity (Wildman–Crippen MR) is 54.6 cm³/mol. The highest BCUT2D eigenvalue weighted by Gasteiger charge is 2.24. The van der Waals surface area contributed by atoms with E-state index < -0.39 is 30.3 Å². The molecule has 1 aromatic heterocycles. The predicted octanol–water partition coefficient (Wildman–Crippen LogP) is 0.246. The largest absolute Gasteiger partial charge is 0.481 e. The highest BCUT2D eigenvalue weighted by atomic mass is 16.4. The summed E-state index contributed by atoms with van der Waals surface area (Å²) < 4.78 is 4.98. The lowest BCUT2D eigenvalue weighted by molar-refractivity contribution is -0.145. The van der Waals surface area contributed by atoms with Crippen LogP contribution in [-0.4, -0.2) is 34.1 Å². The summed E-state index contributed by atoms with van der Waals surface area (Å²) in [7, 11) is 0. The van der Waals surface area contributed by atoms with Crippen LogP contribution in [0.5, 0.6) is 0 Å². The van der Waals surface area contributed by atoms with Crippen LogP contribution in [0.1, 0.15) is 22.7 Å². The quantitative estimate of drug-likeness (QED) is 0.680. The van der Waals surface area contributed by atoms with E-state index in [0.29, 0.717) is 5.76 Å². The lowest BCUT2D eigenvalue weighted by Gasteiger charge is -2.10. The Kier molecular flexibility index (Phi) is 3.86. The van der Waals surface area contributed by atoms with Gasteiger partial charge in [-0.1, -0.05) is 0 Å². The number of aryl methyl sites for hydroxylation is 1. The van der Waals surface area contributed by atoms with Gasteiger partial charge in [0.15, 0.2) is 5.76 Å². The summed E-state index contributed by atoms with van der Waals surface area (Å²) in [6.45, 7) is 1.63. The Morgan fingerprint density at radius 1 is 1.35 bits per heavy atom. The van der Waals surface area contributed by atoms with Crippen molar-refractivity contribution in [2.75, 3.05) is 0 Å². The van der Waals surface area contributed by atoms with Crippen molar-refractivity contribution in [1.82, 2.24) is 5.32 Å². The Hall–Kier alpha value is -2.31. The number of rotatable bonds is 5. The molecule has 1 heterocycles. The first kappa shape index (κ1) is 12.8. The monoisotopic (exact) mass is 241 g/mol. The van der Waals surface area contributed by atoms with Crippen molar-refractivity contribution >= 4 is 17.8 Å². The van der Waals surface area contributed by atoms with Gasteiger partial charge in [-0.2, -0.15) is 0 Å². The van der Waals surface area contributed by atoms with Gasteiger partial charge >= 0.3 is 11.9 Å². The van der Waals surface area contributed by atoms with Crippen molar-refractivity contribution in [3.63, 3.8) is 0 Å². The van der Waals surface area contributed by atoms with Gasteiger partial charge < -0.3 is 19.9 Å². The number of carboxylic acids is 2. The van der Waals surface area contributed by atoms with Gasteiger partial charge in [-0.15, -0.1) is 0 Å². The number of aliphatic carboxylic acids is 2. The number of carbonyl (C=O) groups is 3. The van der Waals surface area contributed by atoms with E-state index in [-0.39, 0.29) is 5.76 Å². The van der Waals surface area contributed by atoms with E-state index in [4.69, 9.17) is 14.6 Å². The molecular formula is C10H11NO6. The molecule has 0 aromatic carbocycles. The zero-order chi connectivity index (χ0) is 13.0. The molecule has 1 atom stereocenters. The second-order valence-electron chi connectivity index (χ2n) is 3.37. The van der Waals surface area contributed by atoms with E-state index in [2.05, 4.69) is 5.32 Å². The van der Waals surface area contributed by atoms with Crippen molar-refractivity contribution in [1.29, 1.82) is 0 Å². The van der Waals surface area contributed by atoms with Gasteiger partial charge in [-0.05, 0) is 19.1 Å². The van der Waals surface area contributed by atoms with E-state index in [0.717, 1.165) is 0 Å². The molecule has 0 saturated carbocycles. The van der Waals surface area contributed by atoms with Crippen molar-refractivity contribution in [2.24, 2.45) is 0 Å². The molecule has 0 aliphatic rings. The number of hydrogen-bond acceptors (Lipinski definition) is 4. The lowest BCUT2D eigenvalue weighted by atomic mass is 10.2. The molecule has 0 fully saturated rings. The molecule has 1 aromatic rings. The zero-order valence-corrected chi connectivity index (χ0v) is 8.97. The number of carboxylic acid groups (broad SMARTS) is 2. The van der Waals surface area contributed by atoms with Gasteiger partial charge in [0.05, 0.1) is 6.42 Å². The molecule has 3 N–H and O–H groups in total. The average molecular weight is 241 g/mol. The molecule has 0 aliphatic heterocycles. The normalized spacial score (nSPS) is 11.8. The Bertz CT molecular complexity index is 449. The van der Waals surface area contributed by atoms with Crippen molar-refractivity contribution < 1.29 is 29.0 Å². The van der Waals surface area contributed by atoms with Crippen molar-refractivity contribution in [3.05, 3.63) is 23.7 Å². The Morgan fingerprint density at radius 3 is 2.41 bits per heavy atom. The fourth-order valence-corrected chi connectivity index (χ4v) is 1.16. The molecule has 0 bridgehead atoms. The van der Waals surface area contributed by atoms with Crippen LogP contribution in [0.15, 0.2) is 16.5 Å². The van der Waals surface area contributed by atoms with E-state index in [1.807, 2.05) is 0 Å². The number of amides is 1. The van der Waals surface area contributed by atoms with Gasteiger partial charge in [0.25, 0.3) is 5.91 Å². The Balaban J connectivity index is 2.70. The molecule has 92 valence electrons. The lowest BCUT2D eigenvalue weighted by Crippen LogP contribution is -2.42. The first-order valence-corrected chi connectivity index (χ1v) is 4.72. The second kappa shape index (κ2) is 5.15. The zero-order valence-electron chi connectivity index (χ0n) is 8.97. The third kappa shape index (κ3) is 3.63. The molecule has 7 nitrogen and oxygen atoms in total. The summed E-state index contributed by atoms with van der Waals surface area (Å²) >= 11 is 0. The first-order chi connectivity index (χ1) is 7.90. The van der Waals surface area contributed by atoms with Crippen LogP contribution in [-0.2, 0) is 9.59 Å². The average Bonchev–Trinajstić information content (AvgIpc) is 2.63. The smallest absolute Gasteiger partial charge is 0.326 e. The minimum Gasteiger partial charge on any atom is -0.481 e. The maximum absolute atomic E-state index is 11.5. The van der Waals surface area contributed by atoms with E-state index in [1.165, 1.54) is 6.07 Å². The van der Waals surface area contributed by atoms with Crippen LogP contribution < -0.4 is 5.32 Å². The highest BCUT2D eigenvalue weighted by molar-refractivity contribution is 5.95. The molecule has 0 saturated heterocycles. The van der Waals surface area contributed by atoms with Gasteiger partial charge in [0, 0.05) is 0 Å². The maximum Gasteiger partial charge on any atom is 0.326 e. The highest BCUT2D eigenvalue weighted by Crippen LogP contribution is 2.06. The fraction of sp³-hybridized carbons (Fsp3) is 0.300. The summed E-state index contributed by atoms with van der Waals surface area (Å²) in [4.78, 5) is 32.6. The summed E-state index contributed by atoms with van der Waals surface area (Å²) in [6, 6.07) is 1.44. The van der Waals surface area contributed by atoms with Crippen LogP contribution in [0.25, 0.3) is 0 Å². The van der Waals surface area contributed by atoms with Crippen molar-refractivity contribution in [2.45, 2.75) is 19.4 Å². The molecule has 7 heteroatoms. The van der Waals surface area contributed by atoms with Crippen LogP contribution in [0, 0.1) is 6.92 Å². The number of carbonyl (C=O) groups excluding carboxylic acids is 1. The third-order valence-electron chi connectivity index (χ3n) is 1.95. The van der Waals surface area contributed by atoms with Crippen molar-refractivity contribution in [3.8, 4) is 0 Å². The fourth-order valence-electron chi connectivity index (χ4n) is 1.16. The van der Waals surface area contributed by atoms with Gasteiger partial charge in [-0.25, -0.2) is 4.79 Å². The minimum atomic E-state index is -1.48. The van der Waals surface area contributed by atoms with Gasteiger partial charge in [-0.3, -0.25) is 9.59 Å². The minimum absolute atomic E-state index is 0.0564. The molecule has 0 spiro atoms. The molecule has 1 rings (SSSR count). The van der Waals surface area contributed by atoms with Gasteiger partial charge in [0.1, 0.15) is 11.8 Å². The van der Waals surface area contributed by atoms with Crippen LogP contribution >= 0.6 is 0 Å². The number of nitrogens with one attached hydrogen (secondary N) is 1. The number of furan rings is 1. The molecule has 0 aliphatic carbocycles.